The van der Waals surface area contributed by atoms with E-state index in [9.17, 15) is 0 Å². The van der Waals surface area contributed by atoms with Gasteiger partial charge in [0.2, 0.25) is 0 Å². The summed E-state index contributed by atoms with van der Waals surface area (Å²) in [6, 6.07) is 79.2. The van der Waals surface area contributed by atoms with E-state index in [2.05, 4.69) is 234 Å². The normalized spacial score (nSPS) is 11.5. The van der Waals surface area contributed by atoms with Crippen LogP contribution >= 0.6 is 0 Å². The number of para-hydroxylation sites is 4. The first-order valence-corrected chi connectivity index (χ1v) is 20.9. The van der Waals surface area contributed by atoms with Crippen LogP contribution in [0.25, 0.3) is 111 Å². The van der Waals surface area contributed by atoms with Crippen LogP contribution < -0.4 is 0 Å². The summed E-state index contributed by atoms with van der Waals surface area (Å²) in [6.07, 6.45) is 0. The Morgan fingerprint density at radius 1 is 0.226 bits per heavy atom. The van der Waals surface area contributed by atoms with Crippen molar-refractivity contribution in [2.75, 3.05) is 0 Å². The maximum atomic E-state index is 5.36. The molecule has 0 bridgehead atoms. The third kappa shape index (κ3) is 6.06. The van der Waals surface area contributed by atoms with Crippen LogP contribution in [0.5, 0.6) is 0 Å². The standard InChI is InChI=1S/C57H37N5/c1-5-17-38(18-6-1)42-33-43(39-19-7-2-8-20-39)35-44(34-42)57-59-55(40-29-31-49-47-25-13-15-27-51(47)61(53(49)36-40)45-21-9-3-10-22-45)58-56(60-57)41-30-32-50-48-26-14-16-28-52(48)62(54(50)37-41)46-23-11-4-12-24-46/h1-37H. The van der Waals surface area contributed by atoms with Gasteiger partial charge in [-0.1, -0.05) is 158 Å². The Balaban J connectivity index is 1.12. The molecule has 5 nitrogen and oxygen atoms in total. The summed E-state index contributed by atoms with van der Waals surface area (Å²) in [5.74, 6) is 1.81. The lowest BCUT2D eigenvalue weighted by molar-refractivity contribution is 1.07. The lowest BCUT2D eigenvalue weighted by Crippen LogP contribution is -2.01. The molecule has 3 heterocycles. The molecule has 12 aromatic rings. The SMILES string of the molecule is c1ccc(-c2cc(-c3ccccc3)cc(-c3nc(-c4ccc5c6ccccc6n(-c6ccccc6)c5c4)nc(-c4ccc5c6ccccc6n(-c6ccccc6)c5c4)n3)c2)cc1. The second-order valence-corrected chi connectivity index (χ2v) is 15.7. The first kappa shape index (κ1) is 35.5. The maximum Gasteiger partial charge on any atom is 0.164 e. The number of hydrogen-bond acceptors (Lipinski definition) is 3. The Morgan fingerprint density at radius 2 is 0.565 bits per heavy atom. The summed E-state index contributed by atoms with van der Waals surface area (Å²) in [5.41, 5.74) is 13.8. The van der Waals surface area contributed by atoms with Crippen molar-refractivity contribution in [3.63, 3.8) is 0 Å². The van der Waals surface area contributed by atoms with Gasteiger partial charge in [0.25, 0.3) is 0 Å². The quantitative estimate of drug-likeness (QED) is 0.162. The Bertz CT molecular complexity index is 3380. The van der Waals surface area contributed by atoms with Crippen LogP contribution in [0.15, 0.2) is 224 Å². The molecule has 0 aliphatic carbocycles. The van der Waals surface area contributed by atoms with E-state index in [1.165, 1.54) is 21.5 Å². The topological polar surface area (TPSA) is 48.5 Å². The predicted molar refractivity (Wildman–Crippen MR) is 256 cm³/mol. The van der Waals surface area contributed by atoms with Crippen molar-refractivity contribution in [1.82, 2.24) is 24.1 Å². The molecule has 0 spiro atoms. The average molecular weight is 792 g/mol. The van der Waals surface area contributed by atoms with E-state index < -0.39 is 0 Å². The van der Waals surface area contributed by atoms with Gasteiger partial charge in [0.15, 0.2) is 17.5 Å². The van der Waals surface area contributed by atoms with Gasteiger partial charge in [-0.25, -0.2) is 15.0 Å². The highest BCUT2D eigenvalue weighted by Gasteiger charge is 2.19. The van der Waals surface area contributed by atoms with Gasteiger partial charge >= 0.3 is 0 Å². The fourth-order valence-electron chi connectivity index (χ4n) is 9.04. The first-order valence-electron chi connectivity index (χ1n) is 20.9. The van der Waals surface area contributed by atoms with Crippen LogP contribution in [0, 0.1) is 0 Å². The Labute approximate surface area is 358 Å². The fraction of sp³-hybridized carbons (Fsp3) is 0. The highest BCUT2D eigenvalue weighted by atomic mass is 15.0. The zero-order valence-corrected chi connectivity index (χ0v) is 33.6. The van der Waals surface area contributed by atoms with E-state index in [0.717, 1.165) is 72.4 Å². The highest BCUT2D eigenvalue weighted by Crippen LogP contribution is 2.38. The molecule has 0 saturated carbocycles. The van der Waals surface area contributed by atoms with E-state index in [1.54, 1.807) is 0 Å². The van der Waals surface area contributed by atoms with Gasteiger partial charge < -0.3 is 9.13 Å². The molecule has 5 heteroatoms. The molecule has 0 saturated heterocycles. The predicted octanol–water partition coefficient (Wildman–Crippen LogP) is 14.4. The molecule has 62 heavy (non-hydrogen) atoms. The van der Waals surface area contributed by atoms with Crippen molar-refractivity contribution in [1.29, 1.82) is 0 Å². The monoisotopic (exact) mass is 791 g/mol. The smallest absolute Gasteiger partial charge is 0.164 e. The maximum absolute atomic E-state index is 5.36. The van der Waals surface area contributed by atoms with Gasteiger partial charge in [-0.3, -0.25) is 0 Å². The van der Waals surface area contributed by atoms with Crippen LogP contribution in [-0.4, -0.2) is 24.1 Å². The minimum Gasteiger partial charge on any atom is -0.309 e. The largest absolute Gasteiger partial charge is 0.309 e. The second-order valence-electron chi connectivity index (χ2n) is 15.7. The molecule has 0 N–H and O–H groups in total. The molecule has 3 aromatic heterocycles. The van der Waals surface area contributed by atoms with E-state index in [1.807, 2.05) is 0 Å². The third-order valence-corrected chi connectivity index (χ3v) is 11.9. The number of nitrogens with zero attached hydrogens (tertiary/aromatic N) is 5. The molecular weight excluding hydrogens is 755 g/mol. The van der Waals surface area contributed by atoms with Crippen LogP contribution in [0.1, 0.15) is 0 Å². The Morgan fingerprint density at radius 3 is 1.00 bits per heavy atom. The number of rotatable bonds is 7. The summed E-state index contributed by atoms with van der Waals surface area (Å²) >= 11 is 0. The molecule has 0 amide bonds. The van der Waals surface area contributed by atoms with Crippen molar-refractivity contribution in [3.8, 4) is 67.8 Å². The minimum absolute atomic E-state index is 0.604. The zero-order valence-electron chi connectivity index (χ0n) is 33.6. The van der Waals surface area contributed by atoms with Crippen molar-refractivity contribution >= 4 is 43.6 Å². The van der Waals surface area contributed by atoms with Crippen molar-refractivity contribution in [2.24, 2.45) is 0 Å². The molecular formula is C57H37N5. The van der Waals surface area contributed by atoms with E-state index in [0.29, 0.717) is 17.5 Å². The number of benzene rings is 9. The van der Waals surface area contributed by atoms with E-state index in [4.69, 9.17) is 15.0 Å². The van der Waals surface area contributed by atoms with Gasteiger partial charge in [-0.15, -0.1) is 0 Å². The zero-order chi connectivity index (χ0) is 41.0. The molecule has 9 aromatic carbocycles. The van der Waals surface area contributed by atoms with Gasteiger partial charge in [0.1, 0.15) is 0 Å². The summed E-state index contributed by atoms with van der Waals surface area (Å²) in [5, 5.41) is 4.74. The summed E-state index contributed by atoms with van der Waals surface area (Å²) in [6.45, 7) is 0. The summed E-state index contributed by atoms with van der Waals surface area (Å²) in [4.78, 5) is 16.1. The van der Waals surface area contributed by atoms with E-state index >= 15 is 0 Å². The molecule has 0 aliphatic rings. The van der Waals surface area contributed by atoms with Crippen molar-refractivity contribution in [3.05, 3.63) is 224 Å². The first-order chi connectivity index (χ1) is 30.7. The number of hydrogen-bond donors (Lipinski definition) is 0. The molecule has 0 radical (unpaired) electrons. The second kappa shape index (κ2) is 14.7. The highest BCUT2D eigenvalue weighted by molar-refractivity contribution is 6.11. The molecule has 290 valence electrons. The Kier molecular flexibility index (Phi) is 8.42. The van der Waals surface area contributed by atoms with Crippen LogP contribution in [-0.2, 0) is 0 Å². The van der Waals surface area contributed by atoms with Gasteiger partial charge in [-0.2, -0.15) is 0 Å². The van der Waals surface area contributed by atoms with Crippen molar-refractivity contribution < 1.29 is 0 Å². The molecule has 0 unspecified atom stereocenters. The lowest BCUT2D eigenvalue weighted by atomic mass is 9.96. The minimum atomic E-state index is 0.604. The van der Waals surface area contributed by atoms with Crippen LogP contribution in [0.2, 0.25) is 0 Å². The number of aromatic nitrogens is 5. The molecule has 0 fully saturated rings. The van der Waals surface area contributed by atoms with Gasteiger partial charge in [-0.05, 0) is 89.0 Å². The van der Waals surface area contributed by atoms with Crippen molar-refractivity contribution in [2.45, 2.75) is 0 Å². The lowest BCUT2D eigenvalue weighted by Gasteiger charge is -2.13. The molecule has 0 atom stereocenters. The van der Waals surface area contributed by atoms with Gasteiger partial charge in [0, 0.05) is 49.6 Å². The van der Waals surface area contributed by atoms with Crippen LogP contribution in [0.4, 0.5) is 0 Å². The van der Waals surface area contributed by atoms with Crippen LogP contribution in [0.3, 0.4) is 0 Å². The molecule has 0 aliphatic heterocycles. The number of fused-ring (bicyclic) bond motifs is 6. The summed E-state index contributed by atoms with van der Waals surface area (Å²) in [7, 11) is 0. The average Bonchev–Trinajstić information content (AvgIpc) is 3.87. The van der Waals surface area contributed by atoms with E-state index in [-0.39, 0.29) is 0 Å². The third-order valence-electron chi connectivity index (χ3n) is 11.9. The summed E-state index contributed by atoms with van der Waals surface area (Å²) < 4.78 is 4.67. The Hall–Kier alpha value is -8.41. The fourth-order valence-corrected chi connectivity index (χ4v) is 9.04. The molecule has 12 rings (SSSR count). The van der Waals surface area contributed by atoms with Gasteiger partial charge in [0.05, 0.1) is 22.1 Å².